The molecule has 1 amide bonds. The fraction of sp³-hybridized carbons (Fsp3) is 0.385. The Labute approximate surface area is 213 Å². The molecule has 0 unspecified atom stereocenters. The van der Waals surface area contributed by atoms with Crippen LogP contribution in [-0.4, -0.2) is 66.1 Å². The molecule has 10 heteroatoms. The Morgan fingerprint density at radius 1 is 1.28 bits per heavy atom. The maximum Gasteiger partial charge on any atom is 0.410 e. The van der Waals surface area contributed by atoms with Gasteiger partial charge in [-0.1, -0.05) is 17.7 Å². The number of rotatable bonds is 2. The number of benzene rings is 2. The van der Waals surface area contributed by atoms with E-state index in [1.807, 2.05) is 20.8 Å². The summed E-state index contributed by atoms with van der Waals surface area (Å²) in [5.41, 5.74) is 0.823. The van der Waals surface area contributed by atoms with E-state index >= 15 is 0 Å². The van der Waals surface area contributed by atoms with Gasteiger partial charge in [-0.25, -0.2) is 14.2 Å². The Morgan fingerprint density at radius 3 is 2.75 bits per heavy atom. The van der Waals surface area contributed by atoms with Crippen molar-refractivity contribution in [3.63, 3.8) is 0 Å². The van der Waals surface area contributed by atoms with Gasteiger partial charge in [-0.2, -0.15) is 0 Å². The third-order valence-corrected chi connectivity index (χ3v) is 6.60. The predicted molar refractivity (Wildman–Crippen MR) is 135 cm³/mol. The highest BCUT2D eigenvalue weighted by molar-refractivity contribution is 6.35. The van der Waals surface area contributed by atoms with Crippen molar-refractivity contribution in [2.75, 3.05) is 38.3 Å². The number of amides is 1. The lowest BCUT2D eigenvalue weighted by Crippen LogP contribution is -2.59. The van der Waals surface area contributed by atoms with Crippen LogP contribution in [0.2, 0.25) is 5.02 Å². The van der Waals surface area contributed by atoms with Crippen molar-refractivity contribution in [1.29, 1.82) is 0 Å². The van der Waals surface area contributed by atoms with E-state index < -0.39 is 11.4 Å². The molecule has 36 heavy (non-hydrogen) atoms. The second kappa shape index (κ2) is 8.89. The van der Waals surface area contributed by atoms with Crippen LogP contribution in [0.15, 0.2) is 30.5 Å². The van der Waals surface area contributed by atoms with Crippen LogP contribution < -0.4 is 14.4 Å². The van der Waals surface area contributed by atoms with Gasteiger partial charge in [0.15, 0.2) is 11.5 Å². The normalized spacial score (nSPS) is 17.3. The molecule has 5 rings (SSSR count). The average molecular weight is 516 g/mol. The molecular formula is C26H27ClFN3O5. The van der Waals surface area contributed by atoms with Crippen LogP contribution in [0.1, 0.15) is 20.8 Å². The lowest BCUT2D eigenvalue weighted by molar-refractivity contribution is 0.0195. The third kappa shape index (κ3) is 4.11. The molecule has 2 aromatic carbocycles. The summed E-state index contributed by atoms with van der Waals surface area (Å²) in [6, 6.07) is 5.64. The van der Waals surface area contributed by atoms with E-state index in [4.69, 9.17) is 25.8 Å². The van der Waals surface area contributed by atoms with Gasteiger partial charge in [-0.3, -0.25) is 0 Å². The molecule has 0 aliphatic carbocycles. The Bertz CT molecular complexity index is 1340. The van der Waals surface area contributed by atoms with Crippen LogP contribution in [0.5, 0.6) is 17.2 Å². The number of methoxy groups -OCH3 is 1. The topological polar surface area (TPSA) is 84.4 Å². The van der Waals surface area contributed by atoms with Crippen LogP contribution >= 0.6 is 11.6 Å². The van der Waals surface area contributed by atoms with Gasteiger partial charge in [0.1, 0.15) is 29.3 Å². The number of carbonyl (C=O) groups excluding carboxylic acids is 1. The van der Waals surface area contributed by atoms with Crippen molar-refractivity contribution in [3.05, 3.63) is 41.3 Å². The van der Waals surface area contributed by atoms with E-state index in [2.05, 4.69) is 9.88 Å². The average Bonchev–Trinajstić information content (AvgIpc) is 2.82. The van der Waals surface area contributed by atoms with Gasteiger partial charge in [0.05, 0.1) is 41.2 Å². The molecule has 0 radical (unpaired) electrons. The van der Waals surface area contributed by atoms with Crippen molar-refractivity contribution < 1.29 is 28.5 Å². The molecular weight excluding hydrogens is 489 g/mol. The minimum absolute atomic E-state index is 0.0547. The first-order valence-electron chi connectivity index (χ1n) is 11.6. The number of piperazine rings is 1. The number of halogens is 2. The van der Waals surface area contributed by atoms with Crippen LogP contribution in [0, 0.1) is 5.82 Å². The number of pyridine rings is 1. The standard InChI is InChI=1S/C26H27ClFN3O5/c1-26(2,3)36-25(33)30-8-9-31-14(12-30)13-35-19-11-29-22-15(23(19)31)10-16(27)20(24(22)34-4)21-17(28)6-5-7-18(21)32/h5-7,10-11,14,32H,8-9,12-13H2,1-4H3/t14-/m1/s1. The minimum atomic E-state index is -0.630. The minimum Gasteiger partial charge on any atom is -0.507 e. The van der Waals surface area contributed by atoms with Crippen molar-refractivity contribution in [3.8, 4) is 28.4 Å². The maximum atomic E-state index is 14.8. The zero-order valence-electron chi connectivity index (χ0n) is 20.5. The highest BCUT2D eigenvalue weighted by Gasteiger charge is 2.38. The zero-order chi connectivity index (χ0) is 25.8. The second-order valence-corrected chi connectivity index (χ2v) is 10.3. The van der Waals surface area contributed by atoms with Gasteiger partial charge in [-0.15, -0.1) is 0 Å². The van der Waals surface area contributed by atoms with Crippen LogP contribution in [0.3, 0.4) is 0 Å². The lowest BCUT2D eigenvalue weighted by atomic mass is 9.98. The van der Waals surface area contributed by atoms with Crippen molar-refractivity contribution >= 4 is 34.3 Å². The zero-order valence-corrected chi connectivity index (χ0v) is 21.2. The summed E-state index contributed by atoms with van der Waals surface area (Å²) in [5, 5.41) is 11.3. The number of carbonyl (C=O) groups is 1. The van der Waals surface area contributed by atoms with E-state index in [1.165, 1.54) is 25.3 Å². The van der Waals surface area contributed by atoms with Gasteiger partial charge in [0, 0.05) is 25.0 Å². The number of hydrogen-bond donors (Lipinski definition) is 1. The number of hydrogen-bond acceptors (Lipinski definition) is 7. The number of aromatic nitrogens is 1. The Balaban J connectivity index is 1.58. The van der Waals surface area contributed by atoms with Gasteiger partial charge in [0.25, 0.3) is 0 Å². The predicted octanol–water partition coefficient (Wildman–Crippen LogP) is 5.23. The van der Waals surface area contributed by atoms with Crippen LogP contribution in [-0.2, 0) is 4.74 Å². The summed E-state index contributed by atoms with van der Waals surface area (Å²) in [6.07, 6.45) is 1.25. The molecule has 0 spiro atoms. The first-order valence-corrected chi connectivity index (χ1v) is 12.0. The molecule has 3 aromatic rings. The molecule has 1 aromatic heterocycles. The number of ether oxygens (including phenoxy) is 3. The summed E-state index contributed by atoms with van der Waals surface area (Å²) in [5.74, 6) is -0.0531. The summed E-state index contributed by atoms with van der Waals surface area (Å²) < 4.78 is 32.0. The molecule has 1 atom stereocenters. The van der Waals surface area contributed by atoms with Crippen molar-refractivity contribution in [2.45, 2.75) is 32.4 Å². The fourth-order valence-corrected chi connectivity index (χ4v) is 5.10. The monoisotopic (exact) mass is 515 g/mol. The summed E-state index contributed by atoms with van der Waals surface area (Å²) >= 11 is 6.70. The molecule has 2 aliphatic rings. The van der Waals surface area contributed by atoms with Gasteiger partial charge in [0.2, 0.25) is 0 Å². The third-order valence-electron chi connectivity index (χ3n) is 6.31. The molecule has 8 nitrogen and oxygen atoms in total. The number of phenolic OH excluding ortho intramolecular Hbond substituents is 1. The van der Waals surface area contributed by atoms with Crippen molar-refractivity contribution in [1.82, 2.24) is 9.88 Å². The molecule has 190 valence electrons. The molecule has 1 saturated heterocycles. The number of phenols is 1. The first-order chi connectivity index (χ1) is 17.1. The van der Waals surface area contributed by atoms with Gasteiger partial charge >= 0.3 is 6.09 Å². The van der Waals surface area contributed by atoms with E-state index in [-0.39, 0.29) is 39.8 Å². The van der Waals surface area contributed by atoms with Gasteiger partial charge in [-0.05, 0) is 39.0 Å². The van der Waals surface area contributed by atoms with Crippen molar-refractivity contribution in [2.24, 2.45) is 0 Å². The summed E-state index contributed by atoms with van der Waals surface area (Å²) in [4.78, 5) is 21.1. The summed E-state index contributed by atoms with van der Waals surface area (Å²) in [6.45, 7) is 7.36. The Morgan fingerprint density at radius 2 is 2.06 bits per heavy atom. The largest absolute Gasteiger partial charge is 0.507 e. The Kier molecular flexibility index (Phi) is 5.98. The van der Waals surface area contributed by atoms with Crippen LogP contribution in [0.25, 0.3) is 22.0 Å². The first kappa shape index (κ1) is 24.2. The second-order valence-electron chi connectivity index (χ2n) is 9.85. The number of nitrogens with zero attached hydrogens (tertiary/aromatic N) is 3. The molecule has 0 saturated carbocycles. The van der Waals surface area contributed by atoms with E-state index in [9.17, 15) is 14.3 Å². The number of fused-ring (bicyclic) bond motifs is 5. The molecule has 1 fully saturated rings. The lowest BCUT2D eigenvalue weighted by Gasteiger charge is -2.45. The SMILES string of the molecule is COc1c(-c2c(O)cccc2F)c(Cl)cc2c3c(cnc12)OC[C@H]1CN(C(=O)OC(C)(C)C)CCN31. The summed E-state index contributed by atoms with van der Waals surface area (Å²) in [7, 11) is 1.45. The fourth-order valence-electron chi connectivity index (χ4n) is 4.81. The maximum absolute atomic E-state index is 14.8. The highest BCUT2D eigenvalue weighted by atomic mass is 35.5. The van der Waals surface area contributed by atoms with E-state index in [1.54, 1.807) is 17.2 Å². The van der Waals surface area contributed by atoms with E-state index in [0.29, 0.717) is 42.9 Å². The van der Waals surface area contributed by atoms with E-state index in [0.717, 1.165) is 5.69 Å². The molecule has 2 aliphatic heterocycles. The van der Waals surface area contributed by atoms with Crippen LogP contribution in [0.4, 0.5) is 14.9 Å². The smallest absolute Gasteiger partial charge is 0.410 e. The molecule has 0 bridgehead atoms. The number of aromatic hydroxyl groups is 1. The molecule has 3 heterocycles. The Hall–Kier alpha value is -3.46. The quantitative estimate of drug-likeness (QED) is 0.500. The van der Waals surface area contributed by atoms with Gasteiger partial charge < -0.3 is 29.1 Å². The molecule has 1 N–H and O–H groups in total. The number of anilines is 1. The highest BCUT2D eigenvalue weighted by Crippen LogP contribution is 2.50.